The van der Waals surface area contributed by atoms with Crippen molar-refractivity contribution in [1.29, 1.82) is 0 Å². The molecule has 1 heterocycles. The molecule has 2 nitrogen and oxygen atoms in total. The van der Waals surface area contributed by atoms with Gasteiger partial charge in [0, 0.05) is 0 Å². The first-order chi connectivity index (χ1) is 6.13. The van der Waals surface area contributed by atoms with E-state index in [1.807, 2.05) is 19.9 Å². The normalized spacial score (nSPS) is 27.5. The summed E-state index contributed by atoms with van der Waals surface area (Å²) in [5, 5.41) is 0. The molecule has 70 valence electrons. The standard InChI is InChI=1S/C10H15BO2/c1-5-9-8-10(4,6-2)13-11(7-3)12-9/h5-6,8H,1-2,7H2,3-4H3. The first kappa shape index (κ1) is 10.1. The number of hydrogen-bond acceptors (Lipinski definition) is 2. The molecule has 1 atom stereocenters. The summed E-state index contributed by atoms with van der Waals surface area (Å²) in [6.07, 6.45) is 6.14. The van der Waals surface area contributed by atoms with Crippen LogP contribution in [0.25, 0.3) is 0 Å². The van der Waals surface area contributed by atoms with Gasteiger partial charge in [0.05, 0.1) is 11.4 Å². The molecule has 0 saturated heterocycles. The van der Waals surface area contributed by atoms with E-state index in [0.29, 0.717) is 0 Å². The average Bonchev–Trinajstić information content (AvgIpc) is 2.17. The average molecular weight is 178 g/mol. The summed E-state index contributed by atoms with van der Waals surface area (Å²) in [5.74, 6) is 0.764. The van der Waals surface area contributed by atoms with Crippen molar-refractivity contribution in [3.63, 3.8) is 0 Å². The highest BCUT2D eigenvalue weighted by Crippen LogP contribution is 2.25. The maximum atomic E-state index is 5.64. The fraction of sp³-hybridized carbons (Fsp3) is 0.400. The van der Waals surface area contributed by atoms with Gasteiger partial charge < -0.3 is 9.31 Å². The molecule has 13 heavy (non-hydrogen) atoms. The Morgan fingerprint density at radius 1 is 1.62 bits per heavy atom. The zero-order valence-electron chi connectivity index (χ0n) is 8.25. The lowest BCUT2D eigenvalue weighted by atomic mass is 9.82. The van der Waals surface area contributed by atoms with Crippen molar-refractivity contribution in [2.24, 2.45) is 0 Å². The molecule has 3 heteroatoms. The quantitative estimate of drug-likeness (QED) is 0.488. The van der Waals surface area contributed by atoms with E-state index in [1.165, 1.54) is 0 Å². The van der Waals surface area contributed by atoms with Crippen LogP contribution in [0.5, 0.6) is 0 Å². The van der Waals surface area contributed by atoms with Crippen molar-refractivity contribution in [2.45, 2.75) is 25.8 Å². The maximum Gasteiger partial charge on any atom is 0.525 e. The van der Waals surface area contributed by atoms with Gasteiger partial charge in [-0.2, -0.15) is 0 Å². The largest absolute Gasteiger partial charge is 0.536 e. The topological polar surface area (TPSA) is 18.5 Å². The van der Waals surface area contributed by atoms with Crippen LogP contribution < -0.4 is 0 Å². The van der Waals surface area contributed by atoms with Crippen molar-refractivity contribution < 1.29 is 9.31 Å². The van der Waals surface area contributed by atoms with Crippen molar-refractivity contribution in [3.8, 4) is 0 Å². The van der Waals surface area contributed by atoms with Gasteiger partial charge in [-0.3, -0.25) is 0 Å². The summed E-state index contributed by atoms with van der Waals surface area (Å²) in [5.41, 5.74) is -0.428. The Balaban J connectivity index is 2.88. The first-order valence-electron chi connectivity index (χ1n) is 4.47. The molecule has 0 fully saturated rings. The molecule has 0 spiro atoms. The highest BCUT2D eigenvalue weighted by molar-refractivity contribution is 6.45. The van der Waals surface area contributed by atoms with Crippen molar-refractivity contribution in [3.05, 3.63) is 37.1 Å². The van der Waals surface area contributed by atoms with Crippen LogP contribution in [0.1, 0.15) is 13.8 Å². The highest BCUT2D eigenvalue weighted by Gasteiger charge is 2.33. The molecule has 0 aromatic rings. The number of allylic oxidation sites excluding steroid dienone is 1. The summed E-state index contributed by atoms with van der Waals surface area (Å²) in [7, 11) is -0.194. The van der Waals surface area contributed by atoms with Gasteiger partial charge in [-0.1, -0.05) is 26.2 Å². The van der Waals surface area contributed by atoms with Gasteiger partial charge in [-0.25, -0.2) is 0 Å². The van der Waals surface area contributed by atoms with Gasteiger partial charge in [0.2, 0.25) is 0 Å². The third-order valence-corrected chi connectivity index (χ3v) is 2.02. The van der Waals surface area contributed by atoms with E-state index in [2.05, 4.69) is 13.2 Å². The monoisotopic (exact) mass is 178 g/mol. The molecule has 0 N–H and O–H groups in total. The minimum absolute atomic E-state index is 0.194. The Hall–Kier alpha value is -0.955. The molecule has 0 bridgehead atoms. The zero-order valence-corrected chi connectivity index (χ0v) is 8.25. The van der Waals surface area contributed by atoms with E-state index in [0.717, 1.165) is 12.1 Å². The second kappa shape index (κ2) is 3.84. The smallest absolute Gasteiger partial charge is 0.525 e. The second-order valence-corrected chi connectivity index (χ2v) is 3.21. The molecular weight excluding hydrogens is 163 g/mol. The molecule has 1 aliphatic rings. The third-order valence-electron chi connectivity index (χ3n) is 2.02. The molecule has 0 amide bonds. The van der Waals surface area contributed by atoms with Crippen LogP contribution in [0.2, 0.25) is 6.32 Å². The molecule has 0 aromatic heterocycles. The second-order valence-electron chi connectivity index (χ2n) is 3.21. The van der Waals surface area contributed by atoms with Crippen LogP contribution in [0.15, 0.2) is 37.1 Å². The predicted molar refractivity (Wildman–Crippen MR) is 55.3 cm³/mol. The summed E-state index contributed by atoms with van der Waals surface area (Å²) in [4.78, 5) is 0. The van der Waals surface area contributed by atoms with Crippen molar-refractivity contribution in [1.82, 2.24) is 0 Å². The van der Waals surface area contributed by atoms with Crippen LogP contribution in [-0.4, -0.2) is 12.7 Å². The summed E-state index contributed by atoms with van der Waals surface area (Å²) in [6, 6.07) is 0. The molecule has 0 saturated carbocycles. The van der Waals surface area contributed by atoms with E-state index in [9.17, 15) is 0 Å². The van der Waals surface area contributed by atoms with Gasteiger partial charge in [0.25, 0.3) is 0 Å². The maximum absolute atomic E-state index is 5.64. The van der Waals surface area contributed by atoms with Gasteiger partial charge in [-0.15, -0.1) is 0 Å². The van der Waals surface area contributed by atoms with E-state index in [4.69, 9.17) is 9.31 Å². The van der Waals surface area contributed by atoms with Gasteiger partial charge in [0.1, 0.15) is 0 Å². The molecule has 0 aliphatic carbocycles. The fourth-order valence-electron chi connectivity index (χ4n) is 1.19. The van der Waals surface area contributed by atoms with E-state index in [-0.39, 0.29) is 7.12 Å². The lowest BCUT2D eigenvalue weighted by Gasteiger charge is -2.32. The Labute approximate surface area is 80.1 Å². The van der Waals surface area contributed by atoms with Crippen LogP contribution in [0, 0.1) is 0 Å². The fourth-order valence-corrected chi connectivity index (χ4v) is 1.19. The third kappa shape index (κ3) is 2.25. The van der Waals surface area contributed by atoms with Crippen molar-refractivity contribution >= 4 is 7.12 Å². The Morgan fingerprint density at radius 3 is 2.77 bits per heavy atom. The summed E-state index contributed by atoms with van der Waals surface area (Å²) >= 11 is 0. The van der Waals surface area contributed by atoms with E-state index >= 15 is 0 Å². The Morgan fingerprint density at radius 2 is 2.31 bits per heavy atom. The van der Waals surface area contributed by atoms with Crippen LogP contribution >= 0.6 is 0 Å². The minimum Gasteiger partial charge on any atom is -0.536 e. The zero-order chi connectivity index (χ0) is 9.90. The van der Waals surface area contributed by atoms with Gasteiger partial charge in [-0.05, 0) is 25.4 Å². The minimum atomic E-state index is -0.428. The van der Waals surface area contributed by atoms with Crippen LogP contribution in [0.3, 0.4) is 0 Å². The van der Waals surface area contributed by atoms with Crippen LogP contribution in [0.4, 0.5) is 0 Å². The molecule has 1 rings (SSSR count). The molecule has 0 radical (unpaired) electrons. The molecule has 0 aromatic carbocycles. The molecule has 1 aliphatic heterocycles. The summed E-state index contributed by atoms with van der Waals surface area (Å²) < 4.78 is 11.1. The van der Waals surface area contributed by atoms with Crippen molar-refractivity contribution in [2.75, 3.05) is 0 Å². The Bertz CT molecular complexity index is 247. The Kier molecular flexibility index (Phi) is 2.99. The van der Waals surface area contributed by atoms with E-state index < -0.39 is 5.60 Å². The van der Waals surface area contributed by atoms with Gasteiger partial charge in [0.15, 0.2) is 0 Å². The lowest BCUT2D eigenvalue weighted by molar-refractivity contribution is 0.123. The molecular formula is C10H15BO2. The SMILES string of the molecule is C=CC1=CC(C)(C=C)OB(CC)O1. The van der Waals surface area contributed by atoms with Crippen LogP contribution in [-0.2, 0) is 9.31 Å². The molecule has 1 unspecified atom stereocenters. The highest BCUT2D eigenvalue weighted by atomic mass is 16.6. The van der Waals surface area contributed by atoms with E-state index in [1.54, 1.807) is 12.2 Å². The number of hydrogen-bond donors (Lipinski definition) is 0. The predicted octanol–water partition coefficient (Wildman–Crippen LogP) is 2.56. The van der Waals surface area contributed by atoms with Gasteiger partial charge >= 0.3 is 7.12 Å². The summed E-state index contributed by atoms with van der Waals surface area (Å²) in [6.45, 7) is 11.4. The number of rotatable bonds is 3. The first-order valence-corrected chi connectivity index (χ1v) is 4.47. The lowest BCUT2D eigenvalue weighted by Crippen LogP contribution is -2.38.